The average Bonchev–Trinajstić information content (AvgIpc) is 3.29. The molecule has 5 nitrogen and oxygen atoms in total. The molecule has 1 atom stereocenters. The third-order valence-electron chi connectivity index (χ3n) is 4.94. The Bertz CT molecular complexity index is 751. The molecule has 0 saturated carbocycles. The third-order valence-corrected chi connectivity index (χ3v) is 4.94. The molecular weight excluding hydrogens is 463 g/mol. The van der Waals surface area contributed by atoms with Crippen LogP contribution in [0.3, 0.4) is 0 Å². The van der Waals surface area contributed by atoms with Gasteiger partial charge >= 0.3 is 0 Å². The van der Waals surface area contributed by atoms with E-state index in [-0.39, 0.29) is 29.4 Å². The predicted molar refractivity (Wildman–Crippen MR) is 125 cm³/mol. The van der Waals surface area contributed by atoms with E-state index in [2.05, 4.69) is 73.2 Å². The number of nitrogens with one attached hydrogen (secondary N) is 1. The molecule has 1 fully saturated rings. The van der Waals surface area contributed by atoms with Crippen molar-refractivity contribution in [1.29, 1.82) is 0 Å². The van der Waals surface area contributed by atoms with Crippen LogP contribution < -0.4 is 5.32 Å². The van der Waals surface area contributed by atoms with Gasteiger partial charge in [-0.05, 0) is 31.2 Å². The molecule has 2 heterocycles. The second kappa shape index (κ2) is 10.3. The van der Waals surface area contributed by atoms with E-state index >= 15 is 0 Å². The van der Waals surface area contributed by atoms with Crippen molar-refractivity contribution in [1.82, 2.24) is 15.2 Å². The lowest BCUT2D eigenvalue weighted by atomic mass is 9.94. The highest BCUT2D eigenvalue weighted by Gasteiger charge is 2.25. The summed E-state index contributed by atoms with van der Waals surface area (Å²) in [7, 11) is 0. The van der Waals surface area contributed by atoms with E-state index in [4.69, 9.17) is 9.41 Å². The Kier molecular flexibility index (Phi) is 8.34. The number of likely N-dealkylation sites (tertiary alicyclic amines) is 1. The highest BCUT2D eigenvalue weighted by atomic mass is 127. The average molecular weight is 496 g/mol. The van der Waals surface area contributed by atoms with Crippen LogP contribution in [0.25, 0.3) is 0 Å². The molecule has 1 N–H and O–H groups in total. The molecule has 0 bridgehead atoms. The molecule has 1 saturated heterocycles. The fraction of sp³-hybridized carbons (Fsp3) is 0.545. The third kappa shape index (κ3) is 6.22. The van der Waals surface area contributed by atoms with Crippen LogP contribution in [0.5, 0.6) is 0 Å². The Morgan fingerprint density at radius 1 is 1.29 bits per heavy atom. The molecule has 1 unspecified atom stereocenters. The summed E-state index contributed by atoms with van der Waals surface area (Å²) in [5.74, 6) is 3.21. The van der Waals surface area contributed by atoms with E-state index in [1.165, 1.54) is 12.0 Å². The van der Waals surface area contributed by atoms with Crippen LogP contribution in [0.15, 0.2) is 45.9 Å². The number of nitrogens with zero attached hydrogens (tertiary/aromatic N) is 3. The number of oxazole rings is 1. The molecule has 0 amide bonds. The van der Waals surface area contributed by atoms with Gasteiger partial charge in [0.15, 0.2) is 5.96 Å². The molecule has 0 spiro atoms. The number of guanidine groups is 1. The maximum Gasteiger partial charge on any atom is 0.216 e. The molecule has 1 aliphatic heterocycles. The first-order chi connectivity index (χ1) is 13.0. The Morgan fingerprint density at radius 2 is 2.04 bits per heavy atom. The highest BCUT2D eigenvalue weighted by molar-refractivity contribution is 14.0. The first kappa shape index (κ1) is 22.7. The fourth-order valence-corrected chi connectivity index (χ4v) is 3.44. The topological polar surface area (TPSA) is 53.7 Å². The highest BCUT2D eigenvalue weighted by Crippen LogP contribution is 2.23. The van der Waals surface area contributed by atoms with Crippen molar-refractivity contribution in [3.05, 3.63) is 53.7 Å². The van der Waals surface area contributed by atoms with Crippen molar-refractivity contribution in [3.8, 4) is 0 Å². The number of benzene rings is 1. The quantitative estimate of drug-likeness (QED) is 0.373. The summed E-state index contributed by atoms with van der Waals surface area (Å²) in [4.78, 5) is 11.5. The molecule has 6 heteroatoms. The van der Waals surface area contributed by atoms with Gasteiger partial charge in [-0.15, -0.1) is 24.0 Å². The summed E-state index contributed by atoms with van der Waals surface area (Å²) < 4.78 is 5.87. The standard InChI is InChI=1S/C22H32N4O.HI/c1-5-23-21(25-15-20-24-14-19(27-20)22(2,3)4)26-12-11-18(16-26)13-17-9-7-6-8-10-17;/h6-10,14,18H,5,11-13,15-16H2,1-4H3,(H,23,25);1H. The van der Waals surface area contributed by atoms with Crippen molar-refractivity contribution >= 4 is 29.9 Å². The molecule has 1 aromatic heterocycles. The summed E-state index contributed by atoms with van der Waals surface area (Å²) in [6.07, 6.45) is 4.15. The van der Waals surface area contributed by atoms with Gasteiger partial charge in [0.2, 0.25) is 5.89 Å². The van der Waals surface area contributed by atoms with Gasteiger partial charge in [0, 0.05) is 25.0 Å². The summed E-state index contributed by atoms with van der Waals surface area (Å²) in [6.45, 7) is 11.9. The summed E-state index contributed by atoms with van der Waals surface area (Å²) >= 11 is 0. The van der Waals surface area contributed by atoms with Crippen LogP contribution in [0.4, 0.5) is 0 Å². The van der Waals surface area contributed by atoms with Crippen LogP contribution >= 0.6 is 24.0 Å². The van der Waals surface area contributed by atoms with Gasteiger partial charge in [-0.3, -0.25) is 0 Å². The molecule has 1 aliphatic rings. The van der Waals surface area contributed by atoms with Crippen molar-refractivity contribution in [2.45, 2.75) is 52.5 Å². The molecule has 3 rings (SSSR count). The normalized spacial score (nSPS) is 17.5. The monoisotopic (exact) mass is 496 g/mol. The molecule has 1 aromatic carbocycles. The van der Waals surface area contributed by atoms with Crippen LogP contribution in [-0.2, 0) is 18.4 Å². The number of hydrogen-bond acceptors (Lipinski definition) is 3. The van der Waals surface area contributed by atoms with E-state index < -0.39 is 0 Å². The number of aliphatic imine (C=N–C) groups is 1. The summed E-state index contributed by atoms with van der Waals surface area (Å²) in [6, 6.07) is 10.8. The molecule has 154 valence electrons. The zero-order valence-electron chi connectivity index (χ0n) is 17.4. The molecule has 2 aromatic rings. The van der Waals surface area contributed by atoms with Crippen LogP contribution in [0, 0.1) is 5.92 Å². The molecule has 28 heavy (non-hydrogen) atoms. The maximum atomic E-state index is 5.87. The SMILES string of the molecule is CCNC(=NCc1ncc(C(C)(C)C)o1)N1CCC(Cc2ccccc2)C1.I. The van der Waals surface area contributed by atoms with E-state index in [1.54, 1.807) is 0 Å². The number of hydrogen-bond donors (Lipinski definition) is 1. The Balaban J connectivity index is 0.00000280. The van der Waals surface area contributed by atoms with Crippen LogP contribution in [-0.4, -0.2) is 35.5 Å². The van der Waals surface area contributed by atoms with E-state index in [0.29, 0.717) is 18.4 Å². The molecule has 0 radical (unpaired) electrons. The summed E-state index contributed by atoms with van der Waals surface area (Å²) in [5, 5.41) is 3.42. The van der Waals surface area contributed by atoms with Crippen molar-refractivity contribution in [2.75, 3.05) is 19.6 Å². The van der Waals surface area contributed by atoms with Gasteiger partial charge in [-0.25, -0.2) is 9.98 Å². The Labute approximate surface area is 186 Å². The van der Waals surface area contributed by atoms with Crippen molar-refractivity contribution < 1.29 is 4.42 Å². The van der Waals surface area contributed by atoms with Crippen LogP contribution in [0.2, 0.25) is 0 Å². The minimum atomic E-state index is -0.0287. The van der Waals surface area contributed by atoms with Gasteiger partial charge in [-0.1, -0.05) is 51.1 Å². The van der Waals surface area contributed by atoms with Gasteiger partial charge in [0.1, 0.15) is 12.3 Å². The minimum absolute atomic E-state index is 0. The first-order valence-corrected chi connectivity index (χ1v) is 9.98. The van der Waals surface area contributed by atoms with Gasteiger partial charge in [0.05, 0.1) is 6.20 Å². The zero-order chi connectivity index (χ0) is 19.3. The van der Waals surface area contributed by atoms with E-state index in [0.717, 1.165) is 37.8 Å². The second-order valence-corrected chi connectivity index (χ2v) is 8.33. The Morgan fingerprint density at radius 3 is 2.68 bits per heavy atom. The largest absolute Gasteiger partial charge is 0.443 e. The fourth-order valence-electron chi connectivity index (χ4n) is 3.44. The minimum Gasteiger partial charge on any atom is -0.443 e. The van der Waals surface area contributed by atoms with Gasteiger partial charge in [0.25, 0.3) is 0 Å². The van der Waals surface area contributed by atoms with E-state index in [1.807, 2.05) is 6.20 Å². The van der Waals surface area contributed by atoms with Gasteiger partial charge in [-0.2, -0.15) is 0 Å². The number of rotatable bonds is 5. The maximum absolute atomic E-state index is 5.87. The number of halogens is 1. The zero-order valence-corrected chi connectivity index (χ0v) is 19.8. The first-order valence-electron chi connectivity index (χ1n) is 9.98. The lowest BCUT2D eigenvalue weighted by Gasteiger charge is -2.21. The van der Waals surface area contributed by atoms with Crippen molar-refractivity contribution in [2.24, 2.45) is 10.9 Å². The van der Waals surface area contributed by atoms with Gasteiger partial charge < -0.3 is 14.6 Å². The molecule has 0 aliphatic carbocycles. The van der Waals surface area contributed by atoms with Crippen LogP contribution in [0.1, 0.15) is 51.3 Å². The Hall–Kier alpha value is -1.57. The lowest BCUT2D eigenvalue weighted by molar-refractivity contribution is 0.382. The summed E-state index contributed by atoms with van der Waals surface area (Å²) in [5.41, 5.74) is 1.39. The second-order valence-electron chi connectivity index (χ2n) is 8.33. The van der Waals surface area contributed by atoms with E-state index in [9.17, 15) is 0 Å². The predicted octanol–water partition coefficient (Wildman–Crippen LogP) is 4.62. The smallest absolute Gasteiger partial charge is 0.216 e. The molecular formula is C22H33IN4O. The van der Waals surface area contributed by atoms with Crippen molar-refractivity contribution in [3.63, 3.8) is 0 Å². The lowest BCUT2D eigenvalue weighted by Crippen LogP contribution is -2.40. The number of aromatic nitrogens is 1.